The summed E-state index contributed by atoms with van der Waals surface area (Å²) in [6.45, 7) is 1.62. The molecule has 3 heterocycles. The van der Waals surface area contributed by atoms with Crippen molar-refractivity contribution in [1.29, 1.82) is 0 Å². The van der Waals surface area contributed by atoms with E-state index < -0.39 is 0 Å². The predicted octanol–water partition coefficient (Wildman–Crippen LogP) is 2.54. The Labute approximate surface area is 138 Å². The van der Waals surface area contributed by atoms with Gasteiger partial charge in [0.25, 0.3) is 0 Å². The van der Waals surface area contributed by atoms with Gasteiger partial charge in [-0.05, 0) is 17.7 Å². The molecule has 0 aliphatic carbocycles. The lowest BCUT2D eigenvalue weighted by Gasteiger charge is -2.08. The van der Waals surface area contributed by atoms with Gasteiger partial charge < -0.3 is 15.7 Å². The summed E-state index contributed by atoms with van der Waals surface area (Å²) >= 11 is 5.99. The second-order valence-corrected chi connectivity index (χ2v) is 6.00. The number of nitrogens with zero attached hydrogens (tertiary/aromatic N) is 4. The molecular formula is C16H15ClN6. The Hall–Kier alpha value is -2.60. The second kappa shape index (κ2) is 5.55. The van der Waals surface area contributed by atoms with E-state index >= 15 is 0 Å². The molecule has 1 aliphatic rings. The number of hydrazone groups is 1. The number of rotatable bonds is 3. The maximum atomic E-state index is 6.12. The number of hydrogen-bond donors (Lipinski definition) is 2. The van der Waals surface area contributed by atoms with Gasteiger partial charge in [-0.2, -0.15) is 5.10 Å². The highest BCUT2D eigenvalue weighted by Crippen LogP contribution is 2.33. The molecule has 0 saturated heterocycles. The molecule has 0 fully saturated rings. The van der Waals surface area contributed by atoms with Gasteiger partial charge in [-0.15, -0.1) is 0 Å². The van der Waals surface area contributed by atoms with Crippen molar-refractivity contribution < 1.29 is 0 Å². The average molecular weight is 327 g/mol. The first-order valence-electron chi connectivity index (χ1n) is 7.33. The van der Waals surface area contributed by atoms with Crippen molar-refractivity contribution in [2.75, 3.05) is 12.3 Å². The zero-order valence-corrected chi connectivity index (χ0v) is 13.0. The normalized spacial score (nSPS) is 16.8. The van der Waals surface area contributed by atoms with Crippen molar-refractivity contribution >= 4 is 34.7 Å². The van der Waals surface area contributed by atoms with Gasteiger partial charge in [-0.3, -0.25) is 0 Å². The molecule has 3 N–H and O–H groups in total. The van der Waals surface area contributed by atoms with Gasteiger partial charge in [0.05, 0.1) is 5.39 Å². The van der Waals surface area contributed by atoms with Crippen LogP contribution in [0.3, 0.4) is 0 Å². The Morgan fingerprint density at radius 3 is 2.83 bits per heavy atom. The zero-order chi connectivity index (χ0) is 15.8. The first kappa shape index (κ1) is 14.0. The van der Waals surface area contributed by atoms with Crippen molar-refractivity contribution in [2.24, 2.45) is 11.0 Å². The SMILES string of the molecule is Nc1ncnc2c1c(-c1ccc(Cl)cc1)cn2CC1C=NNC1. The molecule has 2 aromatic heterocycles. The largest absolute Gasteiger partial charge is 0.383 e. The molecule has 0 amide bonds. The lowest BCUT2D eigenvalue weighted by Crippen LogP contribution is -2.16. The highest BCUT2D eigenvalue weighted by Gasteiger charge is 2.18. The first-order valence-corrected chi connectivity index (χ1v) is 7.71. The summed E-state index contributed by atoms with van der Waals surface area (Å²) in [4.78, 5) is 8.57. The van der Waals surface area contributed by atoms with Crippen molar-refractivity contribution in [3.05, 3.63) is 41.8 Å². The summed E-state index contributed by atoms with van der Waals surface area (Å²) in [6, 6.07) is 7.69. The Morgan fingerprint density at radius 1 is 1.26 bits per heavy atom. The van der Waals surface area contributed by atoms with E-state index in [9.17, 15) is 0 Å². The quantitative estimate of drug-likeness (QED) is 0.775. The molecular weight excluding hydrogens is 312 g/mol. The number of nitrogens with two attached hydrogens (primary N) is 1. The number of benzene rings is 1. The maximum absolute atomic E-state index is 6.12. The smallest absolute Gasteiger partial charge is 0.146 e. The summed E-state index contributed by atoms with van der Waals surface area (Å²) in [6.07, 6.45) is 5.50. The van der Waals surface area contributed by atoms with Crippen LogP contribution in [0.4, 0.5) is 5.82 Å². The summed E-state index contributed by atoms with van der Waals surface area (Å²) in [5, 5.41) is 5.65. The third kappa shape index (κ3) is 2.51. The fourth-order valence-corrected chi connectivity index (χ4v) is 3.01. The van der Waals surface area contributed by atoms with Crippen molar-refractivity contribution in [3.8, 4) is 11.1 Å². The molecule has 0 spiro atoms. The molecule has 1 atom stereocenters. The second-order valence-electron chi connectivity index (χ2n) is 5.56. The lowest BCUT2D eigenvalue weighted by molar-refractivity contribution is 0.567. The average Bonchev–Trinajstić information content (AvgIpc) is 3.18. The lowest BCUT2D eigenvalue weighted by atomic mass is 10.1. The molecule has 0 bridgehead atoms. The minimum absolute atomic E-state index is 0.333. The molecule has 23 heavy (non-hydrogen) atoms. The van der Waals surface area contributed by atoms with Crippen LogP contribution < -0.4 is 11.2 Å². The van der Waals surface area contributed by atoms with E-state index in [-0.39, 0.29) is 0 Å². The number of nitrogens with one attached hydrogen (secondary N) is 1. The minimum atomic E-state index is 0.333. The maximum Gasteiger partial charge on any atom is 0.146 e. The van der Waals surface area contributed by atoms with E-state index in [0.29, 0.717) is 16.8 Å². The van der Waals surface area contributed by atoms with Crippen LogP contribution in [0.1, 0.15) is 0 Å². The third-order valence-electron chi connectivity index (χ3n) is 4.00. The number of halogens is 1. The molecule has 4 rings (SSSR count). The number of nitrogen functional groups attached to an aromatic ring is 1. The molecule has 1 unspecified atom stereocenters. The number of aromatic nitrogens is 3. The highest BCUT2D eigenvalue weighted by molar-refractivity contribution is 6.30. The van der Waals surface area contributed by atoms with E-state index in [1.54, 1.807) is 0 Å². The topological polar surface area (TPSA) is 81.1 Å². The van der Waals surface area contributed by atoms with Crippen molar-refractivity contribution in [1.82, 2.24) is 20.0 Å². The fraction of sp³-hybridized carbons (Fsp3) is 0.188. The zero-order valence-electron chi connectivity index (χ0n) is 12.3. The summed E-state index contributed by atoms with van der Waals surface area (Å²) in [7, 11) is 0. The van der Waals surface area contributed by atoms with Gasteiger partial charge >= 0.3 is 0 Å². The van der Waals surface area contributed by atoms with Crippen LogP contribution in [-0.2, 0) is 6.54 Å². The van der Waals surface area contributed by atoms with Gasteiger partial charge in [0.1, 0.15) is 17.8 Å². The van der Waals surface area contributed by atoms with Crippen LogP contribution in [0.2, 0.25) is 5.02 Å². The number of anilines is 1. The van der Waals surface area contributed by atoms with E-state index in [2.05, 4.69) is 31.3 Å². The monoisotopic (exact) mass is 326 g/mol. The van der Waals surface area contributed by atoms with E-state index in [0.717, 1.165) is 35.2 Å². The fourth-order valence-electron chi connectivity index (χ4n) is 2.88. The van der Waals surface area contributed by atoms with Crippen LogP contribution in [0, 0.1) is 5.92 Å². The number of fused-ring (bicyclic) bond motifs is 1. The van der Waals surface area contributed by atoms with Crippen molar-refractivity contribution in [3.63, 3.8) is 0 Å². The molecule has 116 valence electrons. The van der Waals surface area contributed by atoms with Crippen LogP contribution in [0.25, 0.3) is 22.2 Å². The predicted molar refractivity (Wildman–Crippen MR) is 92.4 cm³/mol. The molecule has 7 heteroatoms. The van der Waals surface area contributed by atoms with Gasteiger partial charge in [-0.25, -0.2) is 9.97 Å². The van der Waals surface area contributed by atoms with Crippen LogP contribution >= 0.6 is 11.6 Å². The Morgan fingerprint density at radius 2 is 2.09 bits per heavy atom. The van der Waals surface area contributed by atoms with Gasteiger partial charge in [0.2, 0.25) is 0 Å². The molecule has 6 nitrogen and oxygen atoms in total. The Kier molecular flexibility index (Phi) is 3.38. The van der Waals surface area contributed by atoms with E-state index in [1.807, 2.05) is 30.5 Å². The summed E-state index contributed by atoms with van der Waals surface area (Å²) in [5.74, 6) is 0.816. The summed E-state index contributed by atoms with van der Waals surface area (Å²) in [5.41, 5.74) is 12.0. The Balaban J connectivity index is 1.86. The van der Waals surface area contributed by atoms with Crippen LogP contribution in [-0.4, -0.2) is 27.3 Å². The number of hydrogen-bond acceptors (Lipinski definition) is 5. The van der Waals surface area contributed by atoms with E-state index in [1.165, 1.54) is 6.33 Å². The van der Waals surface area contributed by atoms with Gasteiger partial charge in [0, 0.05) is 42.0 Å². The van der Waals surface area contributed by atoms with Crippen LogP contribution in [0.15, 0.2) is 41.9 Å². The molecule has 0 radical (unpaired) electrons. The summed E-state index contributed by atoms with van der Waals surface area (Å²) < 4.78 is 2.11. The van der Waals surface area contributed by atoms with E-state index in [4.69, 9.17) is 17.3 Å². The first-order chi connectivity index (χ1) is 11.2. The van der Waals surface area contributed by atoms with Gasteiger partial charge in [-0.1, -0.05) is 23.7 Å². The standard InChI is InChI=1S/C16H15ClN6/c17-12-3-1-11(2-4-12)13-8-23(7-10-5-21-22-6-10)16-14(13)15(18)19-9-20-16/h1-5,8-10,22H,6-7H2,(H2,18,19,20). The molecule has 1 aromatic carbocycles. The minimum Gasteiger partial charge on any atom is -0.383 e. The molecule has 1 aliphatic heterocycles. The third-order valence-corrected chi connectivity index (χ3v) is 4.25. The molecule has 0 saturated carbocycles. The molecule has 3 aromatic rings. The van der Waals surface area contributed by atoms with Crippen LogP contribution in [0.5, 0.6) is 0 Å². The Bertz CT molecular complexity index is 883. The van der Waals surface area contributed by atoms with Crippen molar-refractivity contribution in [2.45, 2.75) is 6.54 Å². The van der Waals surface area contributed by atoms with Gasteiger partial charge in [0.15, 0.2) is 0 Å². The highest BCUT2D eigenvalue weighted by atomic mass is 35.5.